The lowest BCUT2D eigenvalue weighted by Gasteiger charge is -2.34. The lowest BCUT2D eigenvalue weighted by atomic mass is 9.67. The Bertz CT molecular complexity index is 3510. The second-order valence-electron chi connectivity index (χ2n) is 20.1. The van der Waals surface area contributed by atoms with Crippen LogP contribution < -0.4 is 4.90 Å². The van der Waals surface area contributed by atoms with Crippen LogP contribution in [-0.4, -0.2) is 0 Å². The highest BCUT2D eigenvalue weighted by Gasteiger charge is 2.47. The van der Waals surface area contributed by atoms with Crippen LogP contribution in [0.1, 0.15) is 90.8 Å². The van der Waals surface area contributed by atoms with Gasteiger partial charge in [0.05, 0.1) is 16.8 Å². The first kappa shape index (κ1) is 41.4. The summed E-state index contributed by atoms with van der Waals surface area (Å²) in [6.45, 7) is 4.77. The summed E-state index contributed by atoms with van der Waals surface area (Å²) >= 11 is 0. The van der Waals surface area contributed by atoms with E-state index in [9.17, 15) is 0 Å². The number of anilines is 3. The van der Waals surface area contributed by atoms with Gasteiger partial charge in [0, 0.05) is 22.2 Å². The molecule has 0 saturated heterocycles. The standard InChI is InChI=1S/C68H55N/c1-67(2)58-36-15-12-31-56(58)66-60(67)38-21-41-63(66)69(62-40-17-14-30-54(62)55-35-19-25-48-24-18-33-52(64(48)55)46-22-6-3-7-23-46)51-44-42-47(43-45-51)53-34-20-39-61-65(53)57-32-13-16-37-59(57)68(61,49-26-8-4-9-27-49)50-28-10-5-11-29-50/h4-5,8-21,24-46H,3,6-7,22-23H2,1-2H3. The van der Waals surface area contributed by atoms with Crippen molar-refractivity contribution in [3.05, 3.63) is 269 Å². The first-order valence-electron chi connectivity index (χ1n) is 25.1. The summed E-state index contributed by atoms with van der Waals surface area (Å²) in [5, 5.41) is 2.72. The van der Waals surface area contributed by atoms with E-state index in [0.717, 1.165) is 5.69 Å². The largest absolute Gasteiger partial charge is 0.309 e. The van der Waals surface area contributed by atoms with Crippen molar-refractivity contribution in [1.29, 1.82) is 0 Å². The van der Waals surface area contributed by atoms with Crippen molar-refractivity contribution in [2.45, 2.75) is 62.7 Å². The maximum Gasteiger partial charge on any atom is 0.0713 e. The second-order valence-corrected chi connectivity index (χ2v) is 20.1. The highest BCUT2D eigenvalue weighted by molar-refractivity contribution is 6.05. The fourth-order valence-electron chi connectivity index (χ4n) is 13.1. The summed E-state index contributed by atoms with van der Waals surface area (Å²) in [4.78, 5) is 2.57. The molecular formula is C68H55N. The lowest BCUT2D eigenvalue weighted by molar-refractivity contribution is 0.445. The van der Waals surface area contributed by atoms with E-state index in [1.165, 1.54) is 138 Å². The molecule has 0 aromatic heterocycles. The van der Waals surface area contributed by atoms with E-state index in [-0.39, 0.29) is 5.41 Å². The van der Waals surface area contributed by atoms with Crippen molar-refractivity contribution >= 4 is 27.8 Å². The summed E-state index contributed by atoms with van der Waals surface area (Å²) in [5.41, 5.74) is 22.6. The van der Waals surface area contributed by atoms with Crippen molar-refractivity contribution in [3.63, 3.8) is 0 Å². The van der Waals surface area contributed by atoms with E-state index in [4.69, 9.17) is 0 Å². The zero-order valence-corrected chi connectivity index (χ0v) is 39.5. The molecule has 0 bridgehead atoms. The predicted octanol–water partition coefficient (Wildman–Crippen LogP) is 18.4. The van der Waals surface area contributed by atoms with Gasteiger partial charge in [-0.2, -0.15) is 0 Å². The summed E-state index contributed by atoms with van der Waals surface area (Å²) in [7, 11) is 0. The van der Waals surface area contributed by atoms with Crippen LogP contribution in [0.15, 0.2) is 231 Å². The van der Waals surface area contributed by atoms with Gasteiger partial charge in [0.25, 0.3) is 0 Å². The minimum atomic E-state index is -0.457. The fraction of sp³-hybridized carbons (Fsp3) is 0.147. The number of benzene rings is 10. The monoisotopic (exact) mass is 885 g/mol. The first-order valence-corrected chi connectivity index (χ1v) is 25.1. The third kappa shape index (κ3) is 6.37. The van der Waals surface area contributed by atoms with E-state index in [0.29, 0.717) is 5.92 Å². The Morgan fingerprint density at radius 1 is 0.377 bits per heavy atom. The minimum Gasteiger partial charge on any atom is -0.309 e. The molecule has 0 amide bonds. The number of para-hydroxylation sites is 1. The van der Waals surface area contributed by atoms with E-state index in [1.54, 1.807) is 0 Å². The average molecular weight is 886 g/mol. The quantitative estimate of drug-likeness (QED) is 0.147. The third-order valence-electron chi connectivity index (χ3n) is 16.2. The highest BCUT2D eigenvalue weighted by atomic mass is 15.1. The van der Waals surface area contributed by atoms with Gasteiger partial charge in [0.1, 0.15) is 0 Å². The Morgan fingerprint density at radius 2 is 0.899 bits per heavy atom. The van der Waals surface area contributed by atoms with E-state index in [1.807, 2.05) is 0 Å². The van der Waals surface area contributed by atoms with Crippen molar-refractivity contribution < 1.29 is 0 Å². The van der Waals surface area contributed by atoms with Crippen LogP contribution in [0.3, 0.4) is 0 Å². The normalized spacial score (nSPS) is 15.3. The van der Waals surface area contributed by atoms with Crippen LogP contribution in [0, 0.1) is 0 Å². The maximum atomic E-state index is 2.57. The molecule has 0 N–H and O–H groups in total. The molecule has 1 fully saturated rings. The van der Waals surface area contributed by atoms with Crippen molar-refractivity contribution in [2.24, 2.45) is 0 Å². The van der Waals surface area contributed by atoms with Crippen LogP contribution in [0.25, 0.3) is 55.3 Å². The first-order chi connectivity index (χ1) is 34.0. The zero-order chi connectivity index (χ0) is 46.1. The number of hydrogen-bond donors (Lipinski definition) is 0. The zero-order valence-electron chi connectivity index (χ0n) is 39.5. The van der Waals surface area contributed by atoms with Gasteiger partial charge in [-0.1, -0.05) is 239 Å². The second kappa shape index (κ2) is 16.5. The molecule has 3 aliphatic carbocycles. The van der Waals surface area contributed by atoms with Crippen molar-refractivity contribution in [1.82, 2.24) is 0 Å². The molecule has 1 saturated carbocycles. The topological polar surface area (TPSA) is 3.24 Å². The van der Waals surface area contributed by atoms with Gasteiger partial charge in [-0.3, -0.25) is 0 Å². The molecule has 10 aromatic rings. The number of nitrogens with zero attached hydrogens (tertiary/aromatic N) is 1. The van der Waals surface area contributed by atoms with Gasteiger partial charge < -0.3 is 4.90 Å². The van der Waals surface area contributed by atoms with Gasteiger partial charge in [-0.15, -0.1) is 0 Å². The minimum absolute atomic E-state index is 0.139. The van der Waals surface area contributed by atoms with Crippen LogP contribution in [0.5, 0.6) is 0 Å². The molecule has 69 heavy (non-hydrogen) atoms. The molecule has 1 nitrogen and oxygen atoms in total. The molecule has 3 aliphatic rings. The Balaban J connectivity index is 1.02. The van der Waals surface area contributed by atoms with Gasteiger partial charge in [0.15, 0.2) is 0 Å². The fourth-order valence-corrected chi connectivity index (χ4v) is 13.1. The number of fused-ring (bicyclic) bond motifs is 7. The Labute approximate surface area is 407 Å². The summed E-state index contributed by atoms with van der Waals surface area (Å²) in [5.74, 6) is 0.576. The molecule has 1 heteroatoms. The van der Waals surface area contributed by atoms with Crippen LogP contribution in [0.4, 0.5) is 17.1 Å². The summed E-state index contributed by atoms with van der Waals surface area (Å²) in [6.07, 6.45) is 6.47. The Kier molecular flexibility index (Phi) is 9.91. The predicted molar refractivity (Wildman–Crippen MR) is 290 cm³/mol. The van der Waals surface area contributed by atoms with Gasteiger partial charge in [-0.25, -0.2) is 0 Å². The molecule has 0 atom stereocenters. The smallest absolute Gasteiger partial charge is 0.0713 e. The lowest BCUT2D eigenvalue weighted by Crippen LogP contribution is -2.28. The van der Waals surface area contributed by atoms with Crippen LogP contribution >= 0.6 is 0 Å². The number of rotatable bonds is 8. The highest BCUT2D eigenvalue weighted by Crippen LogP contribution is 2.59. The maximum absolute atomic E-state index is 2.57. The van der Waals surface area contributed by atoms with E-state index in [2.05, 4.69) is 249 Å². The summed E-state index contributed by atoms with van der Waals surface area (Å²) < 4.78 is 0. The van der Waals surface area contributed by atoms with Crippen LogP contribution in [-0.2, 0) is 10.8 Å². The molecule has 0 spiro atoms. The van der Waals surface area contributed by atoms with E-state index >= 15 is 0 Å². The third-order valence-corrected chi connectivity index (χ3v) is 16.2. The Hall–Kier alpha value is -7.74. The van der Waals surface area contributed by atoms with Gasteiger partial charge in [0.2, 0.25) is 0 Å². The van der Waals surface area contributed by atoms with E-state index < -0.39 is 5.41 Å². The molecule has 332 valence electrons. The number of hydrogen-bond acceptors (Lipinski definition) is 1. The molecule has 13 rings (SSSR count). The average Bonchev–Trinajstić information content (AvgIpc) is 3.85. The molecule has 0 aliphatic heterocycles. The molecule has 0 unspecified atom stereocenters. The SMILES string of the molecule is CC1(C)c2ccccc2-c2c(N(c3ccc(-c4cccc5c4-c4ccccc4C5(c4ccccc4)c4ccccc4)cc3)c3ccccc3-c3cccc4cccc(C5CCCCC5)c34)cccc21. The Morgan fingerprint density at radius 3 is 1.62 bits per heavy atom. The molecule has 10 aromatic carbocycles. The van der Waals surface area contributed by atoms with Gasteiger partial charge >= 0.3 is 0 Å². The van der Waals surface area contributed by atoms with Crippen molar-refractivity contribution in [3.8, 4) is 44.5 Å². The molecule has 0 radical (unpaired) electrons. The van der Waals surface area contributed by atoms with Crippen LogP contribution in [0.2, 0.25) is 0 Å². The van der Waals surface area contributed by atoms with Gasteiger partial charge in [-0.05, 0) is 126 Å². The summed E-state index contributed by atoms with van der Waals surface area (Å²) in [6, 6.07) is 87.0. The molecule has 0 heterocycles. The van der Waals surface area contributed by atoms with Crippen molar-refractivity contribution in [2.75, 3.05) is 4.90 Å². The molecular weight excluding hydrogens is 831 g/mol.